The van der Waals surface area contributed by atoms with Crippen molar-refractivity contribution in [3.05, 3.63) is 59.4 Å². The number of carbonyl (C=O) groups is 2. The summed E-state index contributed by atoms with van der Waals surface area (Å²) in [5.74, 6) is 0.363. The van der Waals surface area contributed by atoms with Crippen LogP contribution in [0.4, 0.5) is 16.3 Å². The molecular formula is C26H29N7O3S. The van der Waals surface area contributed by atoms with Crippen molar-refractivity contribution >= 4 is 35.3 Å². The number of nitrogen functional groups attached to an aromatic ring is 1. The fourth-order valence-electron chi connectivity index (χ4n) is 3.24. The Balaban J connectivity index is 1.75. The number of aromatic nitrogens is 3. The van der Waals surface area contributed by atoms with E-state index in [1.54, 1.807) is 31.3 Å². The van der Waals surface area contributed by atoms with Gasteiger partial charge in [-0.15, -0.1) is 0 Å². The lowest BCUT2D eigenvalue weighted by atomic mass is 10.1. The average Bonchev–Trinajstić information content (AvgIpc) is 2.81. The Bertz CT molecular complexity index is 1330. The molecule has 0 bridgehead atoms. The molecular weight excluding hydrogens is 490 g/mol. The van der Waals surface area contributed by atoms with Crippen molar-refractivity contribution in [2.75, 3.05) is 18.1 Å². The van der Waals surface area contributed by atoms with Gasteiger partial charge in [0, 0.05) is 31.0 Å². The molecule has 0 saturated heterocycles. The van der Waals surface area contributed by atoms with Gasteiger partial charge in [-0.3, -0.25) is 9.78 Å². The monoisotopic (exact) mass is 519 g/mol. The van der Waals surface area contributed by atoms with Gasteiger partial charge in [0.05, 0.1) is 23.6 Å². The summed E-state index contributed by atoms with van der Waals surface area (Å²) in [7, 11) is 1.66. The molecule has 37 heavy (non-hydrogen) atoms. The first-order valence-corrected chi connectivity index (χ1v) is 12.4. The molecule has 0 unspecified atom stereocenters. The molecule has 11 heteroatoms. The van der Waals surface area contributed by atoms with Crippen LogP contribution >= 0.6 is 11.8 Å². The number of nitrogens with one attached hydrogen (secondary N) is 1. The molecule has 2 heterocycles. The largest absolute Gasteiger partial charge is 0.444 e. The van der Waals surface area contributed by atoms with Crippen molar-refractivity contribution in [2.45, 2.75) is 50.8 Å². The van der Waals surface area contributed by atoms with Crippen LogP contribution in [-0.4, -0.2) is 44.5 Å². The lowest BCUT2D eigenvalue weighted by Crippen LogP contribution is -2.34. The van der Waals surface area contributed by atoms with Gasteiger partial charge in [0.15, 0.2) is 5.16 Å². The van der Waals surface area contributed by atoms with Crippen molar-refractivity contribution in [1.82, 2.24) is 19.9 Å². The van der Waals surface area contributed by atoms with Gasteiger partial charge in [0.25, 0.3) is 0 Å². The number of pyridine rings is 1. The minimum Gasteiger partial charge on any atom is -0.444 e. The molecule has 0 saturated carbocycles. The molecule has 0 aliphatic rings. The Kier molecular flexibility index (Phi) is 8.68. The van der Waals surface area contributed by atoms with Crippen LogP contribution in [0, 0.1) is 11.3 Å². The number of amides is 2. The molecule has 3 aromatic rings. The minimum absolute atomic E-state index is 0.0848. The Morgan fingerprint density at radius 3 is 2.41 bits per heavy atom. The third-order valence-corrected chi connectivity index (χ3v) is 5.71. The Labute approximate surface area is 220 Å². The number of anilines is 2. The van der Waals surface area contributed by atoms with Crippen LogP contribution in [0.1, 0.15) is 44.6 Å². The zero-order valence-corrected chi connectivity index (χ0v) is 22.2. The normalized spacial score (nSPS) is 10.9. The van der Waals surface area contributed by atoms with E-state index in [0.717, 1.165) is 5.69 Å². The van der Waals surface area contributed by atoms with Gasteiger partial charge in [-0.05, 0) is 45.0 Å². The maximum atomic E-state index is 12.3. The van der Waals surface area contributed by atoms with Crippen LogP contribution in [0.25, 0.3) is 11.3 Å². The smallest absolute Gasteiger partial charge is 0.410 e. The molecule has 0 aliphatic heterocycles. The number of thioether (sulfide) groups is 1. The molecule has 3 N–H and O–H groups in total. The highest BCUT2D eigenvalue weighted by atomic mass is 32.2. The van der Waals surface area contributed by atoms with Crippen LogP contribution in [0.2, 0.25) is 0 Å². The Hall–Kier alpha value is -4.17. The third kappa shape index (κ3) is 7.91. The number of nitrogens with two attached hydrogens (primary N) is 1. The zero-order chi connectivity index (χ0) is 27.2. The molecule has 2 amide bonds. The van der Waals surface area contributed by atoms with E-state index in [-0.39, 0.29) is 17.3 Å². The third-order valence-electron chi connectivity index (χ3n) is 4.82. The summed E-state index contributed by atoms with van der Waals surface area (Å²) in [6, 6.07) is 14.6. The average molecular weight is 520 g/mol. The number of ether oxygens (including phenoxy) is 1. The second-order valence-corrected chi connectivity index (χ2v) is 10.2. The highest BCUT2D eigenvalue weighted by molar-refractivity contribution is 7.98. The number of hydrogen-bond donors (Lipinski definition) is 2. The maximum Gasteiger partial charge on any atom is 0.410 e. The van der Waals surface area contributed by atoms with Gasteiger partial charge < -0.3 is 20.7 Å². The first-order valence-electron chi connectivity index (χ1n) is 11.4. The number of nitrogens with zero attached hydrogens (tertiary/aromatic N) is 5. The molecule has 0 spiro atoms. The van der Waals surface area contributed by atoms with E-state index in [9.17, 15) is 14.9 Å². The quantitative estimate of drug-likeness (QED) is 0.337. The van der Waals surface area contributed by atoms with Crippen LogP contribution in [0.15, 0.2) is 47.6 Å². The van der Waals surface area contributed by atoms with Crippen molar-refractivity contribution in [3.63, 3.8) is 0 Å². The lowest BCUT2D eigenvalue weighted by molar-refractivity contribution is -0.114. The van der Waals surface area contributed by atoms with Crippen LogP contribution in [0.5, 0.6) is 0 Å². The number of benzene rings is 1. The molecule has 0 radical (unpaired) electrons. The first-order chi connectivity index (χ1) is 17.4. The lowest BCUT2D eigenvalue weighted by Gasteiger charge is -2.24. The summed E-state index contributed by atoms with van der Waals surface area (Å²) >= 11 is 1.33. The number of carbonyl (C=O) groups excluding carboxylic acids is 2. The standard InChI is InChI=1S/C26H29N7O3S/c1-16(34)29-18-11-9-17(10-12-18)22-21(13-27)23(28)32-24(31-22)37-15-20-8-6-7-19(30-20)14-33(5)25(35)36-26(2,3)4/h6-12H,14-15H2,1-5H3,(H,29,34)(H2,28,31,32). The number of nitriles is 1. The molecule has 0 atom stereocenters. The van der Waals surface area contributed by atoms with E-state index in [4.69, 9.17) is 10.5 Å². The van der Waals surface area contributed by atoms with E-state index in [2.05, 4.69) is 26.3 Å². The van der Waals surface area contributed by atoms with Gasteiger partial charge in [0.1, 0.15) is 23.1 Å². The topological polar surface area (TPSA) is 147 Å². The fraction of sp³-hybridized carbons (Fsp3) is 0.308. The molecule has 10 nitrogen and oxygen atoms in total. The Morgan fingerprint density at radius 1 is 1.11 bits per heavy atom. The summed E-state index contributed by atoms with van der Waals surface area (Å²) in [4.78, 5) is 38.5. The summed E-state index contributed by atoms with van der Waals surface area (Å²) < 4.78 is 5.39. The molecule has 0 aliphatic carbocycles. The predicted octanol–water partition coefficient (Wildman–Crippen LogP) is 4.61. The van der Waals surface area contributed by atoms with Gasteiger partial charge in [-0.1, -0.05) is 30.0 Å². The fourth-order valence-corrected chi connectivity index (χ4v) is 4.00. The van der Waals surface area contributed by atoms with E-state index in [1.807, 2.05) is 39.0 Å². The molecule has 2 aromatic heterocycles. The highest BCUT2D eigenvalue weighted by Crippen LogP contribution is 2.29. The van der Waals surface area contributed by atoms with E-state index >= 15 is 0 Å². The van der Waals surface area contributed by atoms with Crippen molar-refractivity contribution in [3.8, 4) is 17.3 Å². The first kappa shape index (κ1) is 27.4. The van der Waals surface area contributed by atoms with Crippen molar-refractivity contribution in [1.29, 1.82) is 5.26 Å². The Morgan fingerprint density at radius 2 is 1.78 bits per heavy atom. The van der Waals surface area contributed by atoms with E-state index in [0.29, 0.717) is 40.1 Å². The predicted molar refractivity (Wildman–Crippen MR) is 142 cm³/mol. The van der Waals surface area contributed by atoms with Gasteiger partial charge in [0.2, 0.25) is 5.91 Å². The van der Waals surface area contributed by atoms with Gasteiger partial charge >= 0.3 is 6.09 Å². The number of hydrogen-bond acceptors (Lipinski definition) is 9. The maximum absolute atomic E-state index is 12.3. The van der Waals surface area contributed by atoms with Crippen LogP contribution < -0.4 is 11.1 Å². The molecule has 1 aromatic carbocycles. The van der Waals surface area contributed by atoms with E-state index in [1.165, 1.54) is 23.6 Å². The molecule has 0 fully saturated rings. The summed E-state index contributed by atoms with van der Waals surface area (Å²) in [6.45, 7) is 7.18. The molecule has 192 valence electrons. The summed E-state index contributed by atoms with van der Waals surface area (Å²) in [6.07, 6.45) is -0.423. The van der Waals surface area contributed by atoms with Crippen LogP contribution in [0.3, 0.4) is 0 Å². The summed E-state index contributed by atoms with van der Waals surface area (Å²) in [5.41, 5.74) is 8.88. The molecule has 3 rings (SSSR count). The van der Waals surface area contributed by atoms with Gasteiger partial charge in [-0.25, -0.2) is 14.8 Å². The highest BCUT2D eigenvalue weighted by Gasteiger charge is 2.20. The SMILES string of the molecule is CC(=O)Nc1ccc(-c2nc(SCc3cccc(CN(C)C(=O)OC(C)(C)C)n3)nc(N)c2C#N)cc1. The second-order valence-electron chi connectivity index (χ2n) is 9.23. The van der Waals surface area contributed by atoms with Crippen LogP contribution in [-0.2, 0) is 21.8 Å². The zero-order valence-electron chi connectivity index (χ0n) is 21.4. The summed E-state index contributed by atoms with van der Waals surface area (Å²) in [5, 5.41) is 12.7. The van der Waals surface area contributed by atoms with Gasteiger partial charge in [-0.2, -0.15) is 5.26 Å². The number of rotatable bonds is 7. The second kappa shape index (κ2) is 11.7. The minimum atomic E-state index is -0.577. The van der Waals surface area contributed by atoms with E-state index < -0.39 is 11.7 Å². The van der Waals surface area contributed by atoms with Crippen molar-refractivity contribution in [2.24, 2.45) is 0 Å². The van der Waals surface area contributed by atoms with Crippen molar-refractivity contribution < 1.29 is 14.3 Å².